The average Bonchev–Trinajstić information content (AvgIpc) is 3.21. The van der Waals surface area contributed by atoms with Gasteiger partial charge in [0.2, 0.25) is 0 Å². The van der Waals surface area contributed by atoms with Crippen LogP contribution < -0.4 is 15.4 Å². The summed E-state index contributed by atoms with van der Waals surface area (Å²) < 4.78 is 85.2. The van der Waals surface area contributed by atoms with Gasteiger partial charge in [-0.2, -0.15) is 13.2 Å². The molecule has 0 radical (unpaired) electrons. The second kappa shape index (κ2) is 10.0. The summed E-state index contributed by atoms with van der Waals surface area (Å²) in [5.41, 5.74) is 7.09. The molecule has 186 valence electrons. The number of ether oxygens (including phenoxy) is 2. The first-order valence-electron chi connectivity index (χ1n) is 10.6. The number of carbonyl (C=O) groups excluding carboxylic acids is 1. The van der Waals surface area contributed by atoms with Gasteiger partial charge in [-0.3, -0.25) is 4.79 Å². The Labute approximate surface area is 192 Å². The van der Waals surface area contributed by atoms with Crippen LogP contribution in [0.15, 0.2) is 42.5 Å². The molecule has 2 aromatic carbocycles. The summed E-state index contributed by atoms with van der Waals surface area (Å²) in [6, 6.07) is 9.74. The normalized spacial score (nSPS) is 15.7. The van der Waals surface area contributed by atoms with Crippen molar-refractivity contribution in [2.24, 2.45) is 0 Å². The monoisotopic (exact) mass is 490 g/mol. The number of nitrogens with zero attached hydrogens (tertiary/aromatic N) is 1. The molecule has 0 bridgehead atoms. The minimum absolute atomic E-state index is 0.0259. The van der Waals surface area contributed by atoms with Crippen molar-refractivity contribution in [1.29, 1.82) is 0 Å². The molecule has 2 N–H and O–H groups in total. The second-order valence-corrected chi connectivity index (χ2v) is 8.17. The summed E-state index contributed by atoms with van der Waals surface area (Å²) in [5.74, 6) is -0.431. The molecule has 0 unspecified atom stereocenters. The van der Waals surface area contributed by atoms with E-state index in [2.05, 4.69) is 4.74 Å². The second-order valence-electron chi connectivity index (χ2n) is 8.17. The fourth-order valence-corrected chi connectivity index (χ4v) is 4.20. The Balaban J connectivity index is 1.86. The lowest BCUT2D eigenvalue weighted by Gasteiger charge is -2.31. The van der Waals surface area contributed by atoms with Gasteiger partial charge in [-0.25, -0.2) is 0 Å². The molecule has 3 rings (SSSR count). The highest BCUT2D eigenvalue weighted by Crippen LogP contribution is 2.43. The van der Waals surface area contributed by atoms with E-state index in [1.165, 1.54) is 17.0 Å². The van der Waals surface area contributed by atoms with E-state index < -0.39 is 36.9 Å². The Bertz CT molecular complexity index is 970. The Hall–Kier alpha value is -3.11. The van der Waals surface area contributed by atoms with E-state index in [0.717, 1.165) is 25.0 Å². The lowest BCUT2D eigenvalue weighted by molar-refractivity contribution is -0.274. The number of nitrogen functional groups attached to an aromatic ring is 1. The average molecular weight is 490 g/mol. The van der Waals surface area contributed by atoms with E-state index in [0.29, 0.717) is 36.1 Å². The smallest absolute Gasteiger partial charge is 0.456 e. The van der Waals surface area contributed by atoms with Crippen molar-refractivity contribution in [3.63, 3.8) is 0 Å². The number of hydrogen-bond acceptors (Lipinski definition) is 5. The molecular weight excluding hydrogens is 466 g/mol. The summed E-state index contributed by atoms with van der Waals surface area (Å²) >= 11 is 0. The number of nitrogens with two attached hydrogens (primary N) is 1. The van der Waals surface area contributed by atoms with Gasteiger partial charge in [-0.05, 0) is 61.1 Å². The summed E-state index contributed by atoms with van der Waals surface area (Å²) in [7, 11) is 0. The van der Waals surface area contributed by atoms with Gasteiger partial charge >= 0.3 is 12.5 Å². The number of carbonyl (C=O) groups is 1. The van der Waals surface area contributed by atoms with E-state index in [4.69, 9.17) is 10.5 Å². The van der Waals surface area contributed by atoms with Gasteiger partial charge < -0.3 is 20.1 Å². The van der Waals surface area contributed by atoms with Gasteiger partial charge in [0, 0.05) is 13.1 Å². The van der Waals surface area contributed by atoms with Crippen LogP contribution in [0.25, 0.3) is 0 Å². The Morgan fingerprint density at radius 3 is 2.18 bits per heavy atom. The van der Waals surface area contributed by atoms with Crippen LogP contribution in [0.2, 0.25) is 0 Å². The van der Waals surface area contributed by atoms with Gasteiger partial charge in [-0.15, -0.1) is 13.2 Å². The summed E-state index contributed by atoms with van der Waals surface area (Å²) in [4.78, 5) is 12.5. The van der Waals surface area contributed by atoms with Gasteiger partial charge in [-0.1, -0.05) is 18.2 Å². The molecule has 11 heteroatoms. The predicted molar refractivity (Wildman–Crippen MR) is 113 cm³/mol. The molecule has 0 amide bonds. The lowest BCUT2D eigenvalue weighted by Crippen LogP contribution is -2.29. The Morgan fingerprint density at radius 1 is 1.00 bits per heavy atom. The third kappa shape index (κ3) is 6.71. The molecule has 0 aliphatic heterocycles. The lowest BCUT2D eigenvalue weighted by atomic mass is 9.91. The van der Waals surface area contributed by atoms with Gasteiger partial charge in [0.1, 0.15) is 11.4 Å². The molecule has 34 heavy (non-hydrogen) atoms. The topological polar surface area (TPSA) is 64.8 Å². The molecule has 0 saturated heterocycles. The summed E-state index contributed by atoms with van der Waals surface area (Å²) in [6.07, 6.45) is -7.41. The highest BCUT2D eigenvalue weighted by molar-refractivity contribution is 5.69. The van der Waals surface area contributed by atoms with Crippen LogP contribution in [0.4, 0.5) is 37.7 Å². The van der Waals surface area contributed by atoms with Crippen molar-refractivity contribution in [2.45, 2.75) is 56.8 Å². The minimum atomic E-state index is -4.85. The Kier molecular flexibility index (Phi) is 7.52. The van der Waals surface area contributed by atoms with Crippen LogP contribution in [0.5, 0.6) is 5.75 Å². The van der Waals surface area contributed by atoms with Crippen LogP contribution in [0.1, 0.15) is 43.2 Å². The molecule has 0 heterocycles. The third-order valence-electron chi connectivity index (χ3n) is 5.77. The molecule has 1 aliphatic rings. The molecule has 2 aromatic rings. The van der Waals surface area contributed by atoms with E-state index in [-0.39, 0.29) is 12.2 Å². The van der Waals surface area contributed by atoms with E-state index >= 15 is 0 Å². The quantitative estimate of drug-likeness (QED) is 0.263. The number of benzene rings is 2. The fourth-order valence-electron chi connectivity index (χ4n) is 4.20. The summed E-state index contributed by atoms with van der Waals surface area (Å²) in [5, 5.41) is 0. The first-order chi connectivity index (χ1) is 15.9. The van der Waals surface area contributed by atoms with Crippen LogP contribution in [0.3, 0.4) is 0 Å². The zero-order valence-corrected chi connectivity index (χ0v) is 18.1. The van der Waals surface area contributed by atoms with E-state index in [1.54, 1.807) is 18.2 Å². The molecule has 1 saturated carbocycles. The SMILES string of the molecule is Nc1cc(C2(OC=O)CCCC2)ccc1N(CCC(F)(F)F)Cc1ccc(OC(F)(F)F)cc1. The molecule has 0 atom stereocenters. The van der Waals surface area contributed by atoms with Gasteiger partial charge in [0.25, 0.3) is 6.47 Å². The fraction of sp³-hybridized carbons (Fsp3) is 0.435. The van der Waals surface area contributed by atoms with Crippen LogP contribution >= 0.6 is 0 Å². The van der Waals surface area contributed by atoms with E-state index in [9.17, 15) is 31.1 Å². The van der Waals surface area contributed by atoms with Crippen molar-refractivity contribution in [3.05, 3.63) is 53.6 Å². The van der Waals surface area contributed by atoms with Crippen LogP contribution in [-0.2, 0) is 21.7 Å². The van der Waals surface area contributed by atoms with Crippen molar-refractivity contribution in [3.8, 4) is 5.75 Å². The number of hydrogen-bond donors (Lipinski definition) is 1. The maximum Gasteiger partial charge on any atom is 0.573 e. The molecular formula is C23H24F6N2O3. The standard InChI is InChI=1S/C23H24F6N2O3/c24-22(25,26)11-12-31(14-16-3-6-18(7-4-16)34-23(27,28)29)20-8-5-17(13-19(20)30)21(33-15-32)9-1-2-10-21/h3-8,13,15H,1-2,9-12,14,30H2. The minimum Gasteiger partial charge on any atom is -0.456 e. The molecule has 0 spiro atoms. The molecule has 1 aliphatic carbocycles. The van der Waals surface area contributed by atoms with Crippen LogP contribution in [0, 0.1) is 0 Å². The summed E-state index contributed by atoms with van der Waals surface area (Å²) in [6.45, 7) is -0.0526. The highest BCUT2D eigenvalue weighted by atomic mass is 19.4. The first kappa shape index (κ1) is 25.5. The van der Waals surface area contributed by atoms with Crippen LogP contribution in [-0.4, -0.2) is 25.6 Å². The van der Waals surface area contributed by atoms with Gasteiger partial charge in [0.05, 0.1) is 17.8 Å². The van der Waals surface area contributed by atoms with Crippen molar-refractivity contribution >= 4 is 17.8 Å². The number of halogens is 6. The Morgan fingerprint density at radius 2 is 1.65 bits per heavy atom. The van der Waals surface area contributed by atoms with Crippen molar-refractivity contribution in [1.82, 2.24) is 0 Å². The van der Waals surface area contributed by atoms with Crippen molar-refractivity contribution in [2.75, 3.05) is 17.2 Å². The van der Waals surface area contributed by atoms with Gasteiger partial charge in [0.15, 0.2) is 0 Å². The largest absolute Gasteiger partial charge is 0.573 e. The number of rotatable bonds is 9. The zero-order valence-electron chi connectivity index (χ0n) is 18.1. The van der Waals surface area contributed by atoms with E-state index in [1.807, 2.05) is 0 Å². The van der Waals surface area contributed by atoms with Crippen molar-refractivity contribution < 1.29 is 40.6 Å². The zero-order chi connectivity index (χ0) is 25.0. The maximum atomic E-state index is 13.0. The third-order valence-corrected chi connectivity index (χ3v) is 5.77. The number of anilines is 2. The molecule has 0 aromatic heterocycles. The predicted octanol–water partition coefficient (Wildman–Crippen LogP) is 6.07. The molecule has 1 fully saturated rings. The highest BCUT2D eigenvalue weighted by Gasteiger charge is 2.38. The number of alkyl halides is 6. The first-order valence-corrected chi connectivity index (χ1v) is 10.6. The molecule has 5 nitrogen and oxygen atoms in total. The maximum absolute atomic E-state index is 13.0.